The summed E-state index contributed by atoms with van der Waals surface area (Å²) in [6, 6.07) is 18.3. The van der Waals surface area contributed by atoms with Gasteiger partial charge in [-0.25, -0.2) is 9.97 Å². The molecule has 2 heterocycles. The number of anilines is 3. The molecule has 0 saturated heterocycles. The van der Waals surface area contributed by atoms with Crippen LogP contribution < -0.4 is 9.80 Å². The van der Waals surface area contributed by atoms with E-state index in [9.17, 15) is 4.79 Å². The van der Waals surface area contributed by atoms with Crippen LogP contribution in [-0.2, 0) is 6.42 Å². The fourth-order valence-corrected chi connectivity index (χ4v) is 3.63. The molecule has 1 aromatic heterocycles. The van der Waals surface area contributed by atoms with E-state index >= 15 is 0 Å². The highest BCUT2D eigenvalue weighted by atomic mass is 16.2. The SMILES string of the molecule is CCN(C(=O)c1cnc(N2c3ccccc3CC2C)nc1)c1ccccc1. The summed E-state index contributed by atoms with van der Waals surface area (Å²) >= 11 is 0. The molecule has 1 aliphatic heterocycles. The maximum absolute atomic E-state index is 12.9. The summed E-state index contributed by atoms with van der Waals surface area (Å²) in [6.07, 6.45) is 4.23. The van der Waals surface area contributed by atoms with E-state index < -0.39 is 0 Å². The van der Waals surface area contributed by atoms with Gasteiger partial charge in [-0.3, -0.25) is 4.79 Å². The second-order valence-electron chi connectivity index (χ2n) is 6.71. The first-order valence-corrected chi connectivity index (χ1v) is 9.25. The number of nitrogens with zero attached hydrogens (tertiary/aromatic N) is 4. The molecular weight excluding hydrogens is 336 g/mol. The molecule has 27 heavy (non-hydrogen) atoms. The molecule has 5 heteroatoms. The molecule has 0 bridgehead atoms. The van der Waals surface area contributed by atoms with Crippen LogP contribution in [0, 0.1) is 0 Å². The standard InChI is InChI=1S/C22H22N4O/c1-3-25(19-10-5-4-6-11-19)21(27)18-14-23-22(24-15-18)26-16(2)13-17-9-7-8-12-20(17)26/h4-12,14-16H,3,13H2,1-2H3. The Morgan fingerprint density at radius 1 is 1.07 bits per heavy atom. The van der Waals surface area contributed by atoms with Crippen LogP contribution in [0.1, 0.15) is 29.8 Å². The van der Waals surface area contributed by atoms with E-state index in [-0.39, 0.29) is 5.91 Å². The first kappa shape index (κ1) is 17.2. The summed E-state index contributed by atoms with van der Waals surface area (Å²) in [4.78, 5) is 25.8. The minimum Gasteiger partial charge on any atom is -0.309 e. The van der Waals surface area contributed by atoms with Gasteiger partial charge in [0, 0.05) is 36.4 Å². The Kier molecular flexibility index (Phi) is 4.59. The molecule has 1 aliphatic rings. The van der Waals surface area contributed by atoms with Crippen molar-refractivity contribution in [2.24, 2.45) is 0 Å². The van der Waals surface area contributed by atoms with Gasteiger partial charge in [0.1, 0.15) is 0 Å². The zero-order valence-electron chi connectivity index (χ0n) is 15.5. The second kappa shape index (κ2) is 7.19. The topological polar surface area (TPSA) is 49.3 Å². The summed E-state index contributed by atoms with van der Waals surface area (Å²) in [7, 11) is 0. The van der Waals surface area contributed by atoms with E-state index in [1.54, 1.807) is 17.3 Å². The normalized spacial score (nSPS) is 15.5. The number of carbonyl (C=O) groups is 1. The number of fused-ring (bicyclic) bond motifs is 1. The quantitative estimate of drug-likeness (QED) is 0.700. The van der Waals surface area contributed by atoms with Crippen LogP contribution in [-0.4, -0.2) is 28.5 Å². The lowest BCUT2D eigenvalue weighted by Crippen LogP contribution is -2.31. The highest BCUT2D eigenvalue weighted by Gasteiger charge is 2.28. The molecule has 1 unspecified atom stereocenters. The van der Waals surface area contributed by atoms with Gasteiger partial charge in [0.2, 0.25) is 5.95 Å². The first-order valence-electron chi connectivity index (χ1n) is 9.25. The Bertz CT molecular complexity index is 940. The van der Waals surface area contributed by atoms with E-state index in [0.717, 1.165) is 17.8 Å². The van der Waals surface area contributed by atoms with Crippen molar-refractivity contribution < 1.29 is 4.79 Å². The van der Waals surface area contributed by atoms with Crippen LogP contribution in [0.4, 0.5) is 17.3 Å². The Hall–Kier alpha value is -3.21. The lowest BCUT2D eigenvalue weighted by atomic mass is 10.1. The largest absolute Gasteiger partial charge is 0.309 e. The molecular formula is C22H22N4O. The van der Waals surface area contributed by atoms with Gasteiger partial charge in [-0.15, -0.1) is 0 Å². The molecule has 4 rings (SSSR count). The second-order valence-corrected chi connectivity index (χ2v) is 6.71. The van der Waals surface area contributed by atoms with E-state index in [4.69, 9.17) is 0 Å². The number of para-hydroxylation sites is 2. The third-order valence-electron chi connectivity index (χ3n) is 4.94. The number of rotatable bonds is 4. The minimum atomic E-state index is -0.0925. The molecule has 2 aromatic carbocycles. The molecule has 5 nitrogen and oxygen atoms in total. The summed E-state index contributed by atoms with van der Waals surface area (Å²) in [5.41, 5.74) is 3.80. The Balaban J connectivity index is 1.60. The van der Waals surface area contributed by atoms with Crippen LogP contribution in [0.3, 0.4) is 0 Å². The van der Waals surface area contributed by atoms with Gasteiger partial charge in [0.05, 0.1) is 5.56 Å². The maximum atomic E-state index is 12.9. The fourth-order valence-electron chi connectivity index (χ4n) is 3.63. The average Bonchev–Trinajstić information content (AvgIpc) is 3.05. The van der Waals surface area contributed by atoms with Gasteiger partial charge in [-0.1, -0.05) is 36.4 Å². The summed E-state index contributed by atoms with van der Waals surface area (Å²) in [5, 5.41) is 0. The number of hydrogen-bond donors (Lipinski definition) is 0. The molecule has 0 aliphatic carbocycles. The number of carbonyl (C=O) groups excluding carboxylic acids is 1. The van der Waals surface area contributed by atoms with Crippen molar-refractivity contribution in [1.82, 2.24) is 9.97 Å². The molecule has 0 radical (unpaired) electrons. The van der Waals surface area contributed by atoms with Crippen LogP contribution >= 0.6 is 0 Å². The van der Waals surface area contributed by atoms with Crippen molar-refractivity contribution in [3.05, 3.63) is 78.1 Å². The first-order chi connectivity index (χ1) is 13.2. The molecule has 1 atom stereocenters. The number of hydrogen-bond acceptors (Lipinski definition) is 4. The lowest BCUT2D eigenvalue weighted by Gasteiger charge is -2.23. The van der Waals surface area contributed by atoms with Crippen molar-refractivity contribution in [3.8, 4) is 0 Å². The smallest absolute Gasteiger partial charge is 0.261 e. The summed E-state index contributed by atoms with van der Waals surface area (Å²) < 4.78 is 0. The van der Waals surface area contributed by atoms with Gasteiger partial charge in [-0.2, -0.15) is 0 Å². The molecule has 136 valence electrons. The van der Waals surface area contributed by atoms with Crippen LogP contribution in [0.2, 0.25) is 0 Å². The number of benzene rings is 2. The van der Waals surface area contributed by atoms with Crippen LogP contribution in [0.5, 0.6) is 0 Å². The van der Waals surface area contributed by atoms with Crippen molar-refractivity contribution >= 4 is 23.2 Å². The van der Waals surface area contributed by atoms with E-state index in [2.05, 4.69) is 40.0 Å². The van der Waals surface area contributed by atoms with E-state index in [1.165, 1.54) is 5.56 Å². The predicted molar refractivity (Wildman–Crippen MR) is 108 cm³/mol. The van der Waals surface area contributed by atoms with E-state index in [1.807, 2.05) is 43.3 Å². The molecule has 1 amide bonds. The van der Waals surface area contributed by atoms with Gasteiger partial charge >= 0.3 is 0 Å². The maximum Gasteiger partial charge on any atom is 0.261 e. The van der Waals surface area contributed by atoms with E-state index in [0.29, 0.717) is 24.1 Å². The monoisotopic (exact) mass is 358 g/mol. The molecule has 0 spiro atoms. The van der Waals surface area contributed by atoms with Crippen molar-refractivity contribution in [2.45, 2.75) is 26.3 Å². The Morgan fingerprint density at radius 2 is 1.74 bits per heavy atom. The number of amides is 1. The van der Waals surface area contributed by atoms with Gasteiger partial charge in [0.15, 0.2) is 0 Å². The van der Waals surface area contributed by atoms with Gasteiger partial charge < -0.3 is 9.80 Å². The highest BCUT2D eigenvalue weighted by Crippen LogP contribution is 2.36. The van der Waals surface area contributed by atoms with Crippen LogP contribution in [0.25, 0.3) is 0 Å². The number of aromatic nitrogens is 2. The third kappa shape index (κ3) is 3.16. The minimum absolute atomic E-state index is 0.0925. The van der Waals surface area contributed by atoms with Gasteiger partial charge in [0.25, 0.3) is 5.91 Å². The molecule has 0 N–H and O–H groups in total. The highest BCUT2D eigenvalue weighted by molar-refractivity contribution is 6.05. The van der Waals surface area contributed by atoms with Crippen molar-refractivity contribution in [3.63, 3.8) is 0 Å². The molecule has 3 aromatic rings. The fraction of sp³-hybridized carbons (Fsp3) is 0.227. The van der Waals surface area contributed by atoms with Crippen LogP contribution in [0.15, 0.2) is 67.0 Å². The summed E-state index contributed by atoms with van der Waals surface area (Å²) in [5.74, 6) is 0.539. The zero-order valence-corrected chi connectivity index (χ0v) is 15.5. The molecule has 0 fully saturated rings. The summed E-state index contributed by atoms with van der Waals surface area (Å²) in [6.45, 7) is 4.71. The Morgan fingerprint density at radius 3 is 2.44 bits per heavy atom. The molecule has 0 saturated carbocycles. The zero-order chi connectivity index (χ0) is 18.8. The van der Waals surface area contributed by atoms with Crippen molar-refractivity contribution in [2.75, 3.05) is 16.3 Å². The average molecular weight is 358 g/mol. The predicted octanol–water partition coefficient (Wildman–Crippen LogP) is 4.23. The third-order valence-corrected chi connectivity index (χ3v) is 4.94. The van der Waals surface area contributed by atoms with Gasteiger partial charge in [-0.05, 0) is 44.0 Å². The lowest BCUT2D eigenvalue weighted by molar-refractivity contribution is 0.0987. The van der Waals surface area contributed by atoms with Crippen molar-refractivity contribution in [1.29, 1.82) is 0 Å². The Labute approximate surface area is 159 Å².